The van der Waals surface area contributed by atoms with Crippen LogP contribution in [0.3, 0.4) is 0 Å². The Morgan fingerprint density at radius 1 is 1.28 bits per heavy atom. The van der Waals surface area contributed by atoms with Crippen LogP contribution in [-0.2, 0) is 19.1 Å². The van der Waals surface area contributed by atoms with Crippen molar-refractivity contribution in [3.8, 4) is 5.88 Å². The third kappa shape index (κ3) is 6.59. The number of ether oxygens (including phenoxy) is 1. The minimum Gasteiger partial charge on any atom is -0.474 e. The van der Waals surface area contributed by atoms with Crippen molar-refractivity contribution in [2.45, 2.75) is 50.9 Å². The van der Waals surface area contributed by atoms with Gasteiger partial charge in [0, 0.05) is 44.2 Å². The first-order valence-electron chi connectivity index (χ1n) is 9.52. The molecule has 158 valence electrons. The quantitative estimate of drug-likeness (QED) is 0.520. The van der Waals surface area contributed by atoms with Crippen LogP contribution in [0.2, 0.25) is 0 Å². The minimum absolute atomic E-state index is 0.277. The monoisotopic (exact) mass is 427 g/mol. The van der Waals surface area contributed by atoms with Crippen LogP contribution in [-0.4, -0.2) is 35.6 Å². The molecule has 0 spiro atoms. The number of alkyl halides is 3. The Labute approximate surface area is 171 Å². The molecular formula is C19H24F3N5OS. The standard InChI is InChI=1S/C19H24F3N5OS/c1-23-18(24-9-8-17-27-15(12-29-17)19(20,21)22)26-11-13-6-7-16(25-10-13)28-14-4-2-3-5-14/h6-7,10,12,14H,2-5,8-9,11H2,1H3,(H2,23,24,26). The maximum absolute atomic E-state index is 12.6. The lowest BCUT2D eigenvalue weighted by molar-refractivity contribution is -0.140. The van der Waals surface area contributed by atoms with E-state index >= 15 is 0 Å². The summed E-state index contributed by atoms with van der Waals surface area (Å²) in [5.74, 6) is 1.20. The van der Waals surface area contributed by atoms with Crippen molar-refractivity contribution in [2.75, 3.05) is 13.6 Å². The van der Waals surface area contributed by atoms with E-state index in [1.807, 2.05) is 12.1 Å². The van der Waals surface area contributed by atoms with Crippen LogP contribution in [0, 0.1) is 0 Å². The zero-order chi connectivity index (χ0) is 20.7. The lowest BCUT2D eigenvalue weighted by Crippen LogP contribution is -2.37. The Morgan fingerprint density at radius 3 is 2.69 bits per heavy atom. The number of guanidine groups is 1. The molecule has 29 heavy (non-hydrogen) atoms. The molecule has 2 aromatic rings. The summed E-state index contributed by atoms with van der Waals surface area (Å²) in [6.07, 6.45) is 2.63. The summed E-state index contributed by atoms with van der Waals surface area (Å²) in [4.78, 5) is 12.1. The number of halogens is 3. The molecule has 1 saturated carbocycles. The Morgan fingerprint density at radius 2 is 2.07 bits per heavy atom. The van der Waals surface area contributed by atoms with E-state index in [0.717, 1.165) is 35.1 Å². The molecule has 3 rings (SSSR count). The van der Waals surface area contributed by atoms with Gasteiger partial charge in [-0.05, 0) is 31.2 Å². The second-order valence-corrected chi connectivity index (χ2v) is 7.70. The molecule has 10 heteroatoms. The van der Waals surface area contributed by atoms with Gasteiger partial charge in [0.2, 0.25) is 5.88 Å². The number of hydrogen-bond donors (Lipinski definition) is 2. The van der Waals surface area contributed by atoms with Crippen LogP contribution < -0.4 is 15.4 Å². The molecule has 0 amide bonds. The summed E-state index contributed by atoms with van der Waals surface area (Å²) in [5.41, 5.74) is 0.134. The number of aliphatic imine (C=N–C) groups is 1. The molecule has 6 nitrogen and oxygen atoms in total. The van der Waals surface area contributed by atoms with E-state index in [1.165, 1.54) is 12.8 Å². The SMILES string of the molecule is CN=C(NCCc1nc(C(F)(F)F)cs1)NCc1ccc(OC2CCCC2)nc1. The number of hydrogen-bond acceptors (Lipinski definition) is 5. The van der Waals surface area contributed by atoms with E-state index in [0.29, 0.717) is 36.4 Å². The molecule has 0 aromatic carbocycles. The lowest BCUT2D eigenvalue weighted by Gasteiger charge is -2.13. The van der Waals surface area contributed by atoms with Gasteiger partial charge in [-0.15, -0.1) is 11.3 Å². The minimum atomic E-state index is -4.40. The van der Waals surface area contributed by atoms with Gasteiger partial charge < -0.3 is 15.4 Å². The van der Waals surface area contributed by atoms with Crippen molar-refractivity contribution >= 4 is 17.3 Å². The van der Waals surface area contributed by atoms with Gasteiger partial charge in [-0.1, -0.05) is 6.07 Å². The van der Waals surface area contributed by atoms with Crippen LogP contribution in [0.4, 0.5) is 13.2 Å². The molecule has 0 aliphatic heterocycles. The van der Waals surface area contributed by atoms with Gasteiger partial charge in [0.1, 0.15) is 6.10 Å². The van der Waals surface area contributed by atoms with Gasteiger partial charge in [0.05, 0.1) is 5.01 Å². The van der Waals surface area contributed by atoms with Gasteiger partial charge >= 0.3 is 6.18 Å². The molecule has 1 aliphatic rings. The summed E-state index contributed by atoms with van der Waals surface area (Å²) in [5, 5.41) is 7.70. The van der Waals surface area contributed by atoms with Crippen LogP contribution in [0.25, 0.3) is 0 Å². The van der Waals surface area contributed by atoms with Crippen molar-refractivity contribution in [3.63, 3.8) is 0 Å². The Balaban J connectivity index is 1.40. The highest BCUT2D eigenvalue weighted by molar-refractivity contribution is 7.09. The molecule has 0 unspecified atom stereocenters. The number of nitrogens with one attached hydrogen (secondary N) is 2. The summed E-state index contributed by atoms with van der Waals surface area (Å²) in [7, 11) is 1.64. The van der Waals surface area contributed by atoms with Crippen molar-refractivity contribution in [1.29, 1.82) is 0 Å². The van der Waals surface area contributed by atoms with E-state index in [-0.39, 0.29) is 6.10 Å². The number of aromatic nitrogens is 2. The molecule has 2 aromatic heterocycles. The van der Waals surface area contributed by atoms with E-state index in [4.69, 9.17) is 4.74 Å². The Hall–Kier alpha value is -2.36. The molecule has 1 fully saturated rings. The third-order valence-corrected chi connectivity index (χ3v) is 5.45. The van der Waals surface area contributed by atoms with Crippen LogP contribution >= 0.6 is 11.3 Å². The average Bonchev–Trinajstić information content (AvgIpc) is 3.37. The highest BCUT2D eigenvalue weighted by atomic mass is 32.1. The van der Waals surface area contributed by atoms with Crippen LogP contribution in [0.1, 0.15) is 41.9 Å². The van der Waals surface area contributed by atoms with Crippen LogP contribution in [0.5, 0.6) is 5.88 Å². The molecule has 2 N–H and O–H groups in total. The van der Waals surface area contributed by atoms with Crippen molar-refractivity contribution in [1.82, 2.24) is 20.6 Å². The largest absolute Gasteiger partial charge is 0.474 e. The average molecular weight is 427 g/mol. The molecule has 2 heterocycles. The fraction of sp³-hybridized carbons (Fsp3) is 0.526. The molecule has 0 atom stereocenters. The second-order valence-electron chi connectivity index (χ2n) is 6.76. The first-order valence-corrected chi connectivity index (χ1v) is 10.4. The molecule has 0 radical (unpaired) electrons. The van der Waals surface area contributed by atoms with E-state index in [9.17, 15) is 13.2 Å². The van der Waals surface area contributed by atoms with Gasteiger partial charge in [-0.2, -0.15) is 13.2 Å². The number of nitrogens with zero attached hydrogens (tertiary/aromatic N) is 3. The van der Waals surface area contributed by atoms with Gasteiger partial charge in [-0.3, -0.25) is 4.99 Å². The maximum Gasteiger partial charge on any atom is 0.434 e. The molecule has 0 saturated heterocycles. The fourth-order valence-corrected chi connectivity index (χ4v) is 3.82. The third-order valence-electron chi connectivity index (χ3n) is 4.54. The van der Waals surface area contributed by atoms with E-state index in [1.54, 1.807) is 13.2 Å². The fourth-order valence-electron chi connectivity index (χ4n) is 3.01. The van der Waals surface area contributed by atoms with Crippen LogP contribution in [0.15, 0.2) is 28.7 Å². The zero-order valence-electron chi connectivity index (χ0n) is 16.1. The predicted octanol–water partition coefficient (Wildman–Crippen LogP) is 3.79. The zero-order valence-corrected chi connectivity index (χ0v) is 16.9. The highest BCUT2D eigenvalue weighted by Gasteiger charge is 2.33. The highest BCUT2D eigenvalue weighted by Crippen LogP contribution is 2.30. The summed E-state index contributed by atoms with van der Waals surface area (Å²) >= 11 is 1.01. The summed E-state index contributed by atoms with van der Waals surface area (Å²) < 4.78 is 43.6. The topological polar surface area (TPSA) is 71.4 Å². The van der Waals surface area contributed by atoms with Crippen molar-refractivity contribution < 1.29 is 17.9 Å². The molecular weight excluding hydrogens is 403 g/mol. The molecule has 0 bridgehead atoms. The predicted molar refractivity (Wildman–Crippen MR) is 106 cm³/mol. The molecule has 1 aliphatic carbocycles. The Kier molecular flexibility index (Phi) is 7.29. The first kappa shape index (κ1) is 21.4. The van der Waals surface area contributed by atoms with Crippen molar-refractivity contribution in [2.24, 2.45) is 4.99 Å². The first-order chi connectivity index (χ1) is 13.9. The Bertz CT molecular complexity index is 801. The van der Waals surface area contributed by atoms with Gasteiger partial charge in [0.25, 0.3) is 0 Å². The normalized spacial score (nSPS) is 15.5. The summed E-state index contributed by atoms with van der Waals surface area (Å²) in [6.45, 7) is 0.947. The maximum atomic E-state index is 12.6. The summed E-state index contributed by atoms with van der Waals surface area (Å²) in [6, 6.07) is 3.82. The van der Waals surface area contributed by atoms with Crippen molar-refractivity contribution in [3.05, 3.63) is 40.0 Å². The second kappa shape index (κ2) is 9.91. The van der Waals surface area contributed by atoms with Gasteiger partial charge in [-0.25, -0.2) is 9.97 Å². The lowest BCUT2D eigenvalue weighted by atomic mass is 10.3. The van der Waals surface area contributed by atoms with E-state index in [2.05, 4.69) is 25.6 Å². The number of rotatable bonds is 7. The van der Waals surface area contributed by atoms with E-state index < -0.39 is 11.9 Å². The van der Waals surface area contributed by atoms with Gasteiger partial charge in [0.15, 0.2) is 11.7 Å². The number of pyridine rings is 1. The number of thiazole rings is 1. The smallest absolute Gasteiger partial charge is 0.434 e.